The summed E-state index contributed by atoms with van der Waals surface area (Å²) in [4.78, 5) is 0. The number of nitrogens with one attached hydrogen (secondary N) is 1. The Balaban J connectivity index is 1.94. The van der Waals surface area contributed by atoms with Gasteiger partial charge >= 0.3 is 0 Å². The van der Waals surface area contributed by atoms with Crippen LogP contribution in [0, 0.1) is 5.92 Å². The first-order valence-electron chi connectivity index (χ1n) is 7.82. The first-order chi connectivity index (χ1) is 9.19. The first kappa shape index (κ1) is 15.2. The predicted octanol–water partition coefficient (Wildman–Crippen LogP) is 2.37. The molecule has 0 bridgehead atoms. The second-order valence-corrected chi connectivity index (χ2v) is 6.40. The van der Waals surface area contributed by atoms with Crippen LogP contribution in [-0.4, -0.2) is 31.5 Å². The molecule has 1 aliphatic carbocycles. The molecule has 0 aromatic carbocycles. The van der Waals surface area contributed by atoms with Crippen molar-refractivity contribution in [3.8, 4) is 0 Å². The zero-order chi connectivity index (χ0) is 13.7. The van der Waals surface area contributed by atoms with Gasteiger partial charge in [-0.1, -0.05) is 19.3 Å². The molecule has 1 saturated carbocycles. The van der Waals surface area contributed by atoms with Crippen molar-refractivity contribution in [3.05, 3.63) is 0 Å². The molecule has 1 heterocycles. The van der Waals surface area contributed by atoms with Crippen LogP contribution in [0.3, 0.4) is 0 Å². The maximum atomic E-state index is 6.16. The molecule has 112 valence electrons. The average molecular weight is 270 g/mol. The Morgan fingerprint density at radius 2 is 2.11 bits per heavy atom. The number of hydrogen-bond acceptors (Lipinski definition) is 4. The highest BCUT2D eigenvalue weighted by Crippen LogP contribution is 2.41. The Kier molecular flexibility index (Phi) is 5.63. The molecule has 4 nitrogen and oxygen atoms in total. The van der Waals surface area contributed by atoms with Gasteiger partial charge < -0.3 is 9.47 Å². The van der Waals surface area contributed by atoms with Crippen LogP contribution >= 0.6 is 0 Å². The van der Waals surface area contributed by atoms with E-state index >= 15 is 0 Å². The summed E-state index contributed by atoms with van der Waals surface area (Å²) in [5.74, 6) is 6.40. The van der Waals surface area contributed by atoms with Crippen LogP contribution < -0.4 is 11.3 Å². The molecule has 19 heavy (non-hydrogen) atoms. The van der Waals surface area contributed by atoms with E-state index in [9.17, 15) is 0 Å². The third-order valence-electron chi connectivity index (χ3n) is 5.07. The van der Waals surface area contributed by atoms with E-state index in [1.807, 2.05) is 0 Å². The lowest BCUT2D eigenvalue weighted by molar-refractivity contribution is -0.123. The standard InChI is InChI=1S/C15H30N2O2/c1-12(18-2)10-14(17-16)13-6-9-19-15(11-13)7-4-3-5-8-15/h12-14,17H,3-11,16H2,1-2H3. The summed E-state index contributed by atoms with van der Waals surface area (Å²) >= 11 is 0. The molecule has 0 aromatic rings. The monoisotopic (exact) mass is 270 g/mol. The van der Waals surface area contributed by atoms with Gasteiger partial charge in [-0.25, -0.2) is 0 Å². The van der Waals surface area contributed by atoms with E-state index in [0.717, 1.165) is 25.9 Å². The van der Waals surface area contributed by atoms with Gasteiger partial charge in [0.1, 0.15) is 0 Å². The van der Waals surface area contributed by atoms with Crippen LogP contribution in [0.4, 0.5) is 0 Å². The summed E-state index contributed by atoms with van der Waals surface area (Å²) < 4.78 is 11.5. The van der Waals surface area contributed by atoms with Crippen LogP contribution in [0.15, 0.2) is 0 Å². The van der Waals surface area contributed by atoms with E-state index in [1.54, 1.807) is 7.11 Å². The highest BCUT2D eigenvalue weighted by atomic mass is 16.5. The van der Waals surface area contributed by atoms with E-state index in [-0.39, 0.29) is 11.7 Å². The minimum Gasteiger partial charge on any atom is -0.382 e. The molecule has 3 N–H and O–H groups in total. The Bertz CT molecular complexity index is 261. The van der Waals surface area contributed by atoms with Gasteiger partial charge in [0.2, 0.25) is 0 Å². The van der Waals surface area contributed by atoms with Crippen molar-refractivity contribution < 1.29 is 9.47 Å². The topological polar surface area (TPSA) is 56.5 Å². The number of hydrogen-bond donors (Lipinski definition) is 2. The minimum absolute atomic E-state index is 0.159. The Hall–Kier alpha value is -0.160. The van der Waals surface area contributed by atoms with Crippen LogP contribution in [0.2, 0.25) is 0 Å². The molecular formula is C15H30N2O2. The molecule has 1 spiro atoms. The maximum absolute atomic E-state index is 6.16. The fourth-order valence-electron chi connectivity index (χ4n) is 3.80. The lowest BCUT2D eigenvalue weighted by Gasteiger charge is -2.45. The fourth-order valence-corrected chi connectivity index (χ4v) is 3.80. The third-order valence-corrected chi connectivity index (χ3v) is 5.07. The number of nitrogens with two attached hydrogens (primary N) is 1. The first-order valence-corrected chi connectivity index (χ1v) is 7.82. The lowest BCUT2D eigenvalue weighted by Crippen LogP contribution is -2.50. The zero-order valence-electron chi connectivity index (χ0n) is 12.5. The Morgan fingerprint density at radius 3 is 2.74 bits per heavy atom. The van der Waals surface area contributed by atoms with Crippen molar-refractivity contribution >= 4 is 0 Å². The van der Waals surface area contributed by atoms with E-state index in [4.69, 9.17) is 15.3 Å². The van der Waals surface area contributed by atoms with Gasteiger partial charge in [-0.2, -0.15) is 0 Å². The van der Waals surface area contributed by atoms with Crippen LogP contribution in [0.1, 0.15) is 58.3 Å². The highest BCUT2D eigenvalue weighted by Gasteiger charge is 2.40. The van der Waals surface area contributed by atoms with Crippen LogP contribution in [0.5, 0.6) is 0 Å². The fraction of sp³-hybridized carbons (Fsp3) is 1.00. The van der Waals surface area contributed by atoms with Crippen molar-refractivity contribution in [3.63, 3.8) is 0 Å². The summed E-state index contributed by atoms with van der Waals surface area (Å²) in [7, 11) is 1.77. The van der Waals surface area contributed by atoms with Gasteiger partial charge in [0.25, 0.3) is 0 Å². The molecule has 1 aliphatic heterocycles. The van der Waals surface area contributed by atoms with E-state index < -0.39 is 0 Å². The maximum Gasteiger partial charge on any atom is 0.0685 e. The van der Waals surface area contributed by atoms with Crippen LogP contribution in [0.25, 0.3) is 0 Å². The molecule has 4 heteroatoms. The molecule has 0 radical (unpaired) electrons. The zero-order valence-corrected chi connectivity index (χ0v) is 12.5. The second-order valence-electron chi connectivity index (χ2n) is 6.40. The average Bonchev–Trinajstić information content (AvgIpc) is 2.45. The minimum atomic E-state index is 0.159. The molecule has 3 atom stereocenters. The summed E-state index contributed by atoms with van der Waals surface area (Å²) in [6.45, 7) is 3.00. The van der Waals surface area contributed by atoms with Gasteiger partial charge in [0.05, 0.1) is 11.7 Å². The van der Waals surface area contributed by atoms with Gasteiger partial charge in [-0.15, -0.1) is 0 Å². The number of ether oxygens (including phenoxy) is 2. The molecule has 0 amide bonds. The summed E-state index contributed by atoms with van der Waals surface area (Å²) in [6, 6.07) is 0.345. The molecule has 0 aromatic heterocycles. The van der Waals surface area contributed by atoms with Crippen LogP contribution in [-0.2, 0) is 9.47 Å². The molecule has 2 aliphatic rings. The number of rotatable bonds is 5. The number of methoxy groups -OCH3 is 1. The quantitative estimate of drug-likeness (QED) is 0.595. The summed E-state index contributed by atoms with van der Waals surface area (Å²) in [5, 5.41) is 0. The lowest BCUT2D eigenvalue weighted by atomic mass is 9.73. The smallest absolute Gasteiger partial charge is 0.0685 e. The van der Waals surface area contributed by atoms with Crippen molar-refractivity contribution in [1.82, 2.24) is 5.43 Å². The van der Waals surface area contributed by atoms with Gasteiger partial charge in [0.15, 0.2) is 0 Å². The molecule has 2 rings (SSSR count). The van der Waals surface area contributed by atoms with Crippen molar-refractivity contribution in [1.29, 1.82) is 0 Å². The second kappa shape index (κ2) is 7.02. The van der Waals surface area contributed by atoms with Crippen molar-refractivity contribution in [2.75, 3.05) is 13.7 Å². The van der Waals surface area contributed by atoms with E-state index in [1.165, 1.54) is 32.1 Å². The summed E-state index contributed by atoms with van der Waals surface area (Å²) in [5.41, 5.74) is 3.18. The molecule has 2 fully saturated rings. The summed E-state index contributed by atoms with van der Waals surface area (Å²) in [6.07, 6.45) is 10.0. The third kappa shape index (κ3) is 3.91. The van der Waals surface area contributed by atoms with Gasteiger partial charge in [0, 0.05) is 19.8 Å². The molecular weight excluding hydrogens is 240 g/mol. The Labute approximate surface area is 117 Å². The van der Waals surface area contributed by atoms with E-state index in [2.05, 4.69) is 12.3 Å². The largest absolute Gasteiger partial charge is 0.382 e. The van der Waals surface area contributed by atoms with E-state index in [0.29, 0.717) is 12.0 Å². The van der Waals surface area contributed by atoms with Gasteiger partial charge in [-0.05, 0) is 44.9 Å². The van der Waals surface area contributed by atoms with Crippen molar-refractivity contribution in [2.45, 2.75) is 76.0 Å². The SMILES string of the molecule is COC(C)CC(NN)C1CCOC2(CCCCC2)C1. The Morgan fingerprint density at radius 1 is 1.37 bits per heavy atom. The van der Waals surface area contributed by atoms with Gasteiger partial charge in [-0.3, -0.25) is 11.3 Å². The number of hydrazine groups is 1. The highest BCUT2D eigenvalue weighted by molar-refractivity contribution is 4.93. The predicted molar refractivity (Wildman–Crippen MR) is 76.7 cm³/mol. The molecule has 1 saturated heterocycles. The normalized spacial score (nSPS) is 30.2. The molecule has 3 unspecified atom stereocenters. The van der Waals surface area contributed by atoms with Crippen molar-refractivity contribution in [2.24, 2.45) is 11.8 Å².